The highest BCUT2D eigenvalue weighted by atomic mass is 79.9. The number of rotatable bonds is 8. The lowest BCUT2D eigenvalue weighted by Crippen LogP contribution is -2.31. The number of carbonyl (C=O) groups is 1. The van der Waals surface area contributed by atoms with Gasteiger partial charge in [0, 0.05) is 11.2 Å². The maximum Gasteiger partial charge on any atom is 0.306 e. The molecule has 0 aliphatic carbocycles. The summed E-state index contributed by atoms with van der Waals surface area (Å²) >= 11 is 21.1. The summed E-state index contributed by atoms with van der Waals surface area (Å²) in [5.74, 6) is 1.12. The summed E-state index contributed by atoms with van der Waals surface area (Å²) < 4.78 is 9.85. The van der Waals surface area contributed by atoms with Crippen LogP contribution in [0.25, 0.3) is 0 Å². The Labute approximate surface area is 189 Å². The third kappa shape index (κ3) is 8.20. The molecule has 0 aliphatic rings. The van der Waals surface area contributed by atoms with Crippen LogP contribution in [0.1, 0.15) is 32.3 Å². The second-order valence-electron chi connectivity index (χ2n) is 7.18. The first-order chi connectivity index (χ1) is 13.0. The minimum Gasteiger partial charge on any atom is -0.461 e. The molecule has 0 heterocycles. The van der Waals surface area contributed by atoms with Crippen LogP contribution in [0.5, 0.6) is 11.5 Å². The normalized spacial score (nSPS) is 13.1. The molecule has 28 heavy (non-hydrogen) atoms. The number of ether oxygens (including phenoxy) is 2. The minimum absolute atomic E-state index is 0.150. The van der Waals surface area contributed by atoms with Gasteiger partial charge in [0.25, 0.3) is 0 Å². The zero-order valence-electron chi connectivity index (χ0n) is 15.6. The summed E-state index contributed by atoms with van der Waals surface area (Å²) in [6, 6.07) is 16.9. The van der Waals surface area contributed by atoms with Gasteiger partial charge in [-0.3, -0.25) is 4.79 Å². The summed E-state index contributed by atoms with van der Waals surface area (Å²) in [7, 11) is 0. The highest BCUT2D eigenvalue weighted by Crippen LogP contribution is 2.41. The fraction of sp³-hybridized carbons (Fsp3) is 0.381. The summed E-state index contributed by atoms with van der Waals surface area (Å²) in [5.41, 5.74) is 0.412. The van der Waals surface area contributed by atoms with Crippen LogP contribution in [-0.4, -0.2) is 14.6 Å². The number of para-hydroxylation sites is 1. The maximum absolute atomic E-state index is 12.3. The SMILES string of the molecule is CC(C)(CC(=O)OCc1cccc(Oc2ccccc2)c1)C(Br)CC(Cl)(Cl)Cl. The van der Waals surface area contributed by atoms with Crippen molar-refractivity contribution in [1.29, 1.82) is 0 Å². The topological polar surface area (TPSA) is 35.5 Å². The molecule has 0 aromatic heterocycles. The third-order valence-corrected chi connectivity index (χ3v) is 6.16. The fourth-order valence-electron chi connectivity index (χ4n) is 2.50. The lowest BCUT2D eigenvalue weighted by Gasteiger charge is -2.31. The van der Waals surface area contributed by atoms with Crippen molar-refractivity contribution in [2.45, 2.75) is 41.9 Å². The first kappa shape index (κ1) is 23.3. The average Bonchev–Trinajstić information content (AvgIpc) is 2.59. The Morgan fingerprint density at radius 1 is 1.04 bits per heavy atom. The standard InChI is InChI=1S/C21H22BrCl3O3/c1-20(2,18(22)12-21(23,24)25)13-19(26)27-14-15-7-6-10-17(11-15)28-16-8-4-3-5-9-16/h3-11,18H,12-14H2,1-2H3. The van der Waals surface area contributed by atoms with Crippen LogP contribution >= 0.6 is 50.7 Å². The molecular weight excluding hydrogens is 486 g/mol. The van der Waals surface area contributed by atoms with Gasteiger partial charge in [-0.15, -0.1) is 0 Å². The zero-order chi connectivity index (χ0) is 20.8. The van der Waals surface area contributed by atoms with Crippen molar-refractivity contribution in [1.82, 2.24) is 0 Å². The molecule has 152 valence electrons. The van der Waals surface area contributed by atoms with Gasteiger partial charge in [0.2, 0.25) is 0 Å². The second kappa shape index (κ2) is 10.2. The van der Waals surface area contributed by atoms with Crippen LogP contribution in [0.3, 0.4) is 0 Å². The molecule has 1 atom stereocenters. The van der Waals surface area contributed by atoms with Crippen LogP contribution in [0.15, 0.2) is 54.6 Å². The molecule has 0 N–H and O–H groups in total. The minimum atomic E-state index is -1.38. The number of benzene rings is 2. The molecule has 0 fully saturated rings. The van der Waals surface area contributed by atoms with Crippen molar-refractivity contribution in [3.05, 3.63) is 60.2 Å². The number of halogens is 4. The van der Waals surface area contributed by atoms with E-state index in [1.165, 1.54) is 0 Å². The molecule has 0 amide bonds. The molecule has 0 spiro atoms. The van der Waals surface area contributed by atoms with Crippen molar-refractivity contribution < 1.29 is 14.3 Å². The predicted molar refractivity (Wildman–Crippen MR) is 119 cm³/mol. The van der Waals surface area contributed by atoms with E-state index in [-0.39, 0.29) is 30.2 Å². The van der Waals surface area contributed by atoms with Crippen molar-refractivity contribution in [3.63, 3.8) is 0 Å². The van der Waals surface area contributed by atoms with E-state index in [0.29, 0.717) is 5.75 Å². The van der Waals surface area contributed by atoms with Crippen LogP contribution < -0.4 is 4.74 Å². The van der Waals surface area contributed by atoms with Crippen LogP contribution in [0.4, 0.5) is 0 Å². The molecule has 7 heteroatoms. The number of hydrogen-bond donors (Lipinski definition) is 0. The first-order valence-electron chi connectivity index (χ1n) is 8.73. The van der Waals surface area contributed by atoms with Gasteiger partial charge in [-0.1, -0.05) is 94.9 Å². The van der Waals surface area contributed by atoms with Crippen LogP contribution in [-0.2, 0) is 16.1 Å². The first-order valence-corrected chi connectivity index (χ1v) is 10.8. The largest absolute Gasteiger partial charge is 0.461 e. The Hall–Kier alpha value is -0.940. The lowest BCUT2D eigenvalue weighted by atomic mass is 9.84. The molecule has 2 aromatic rings. The average molecular weight is 509 g/mol. The summed E-state index contributed by atoms with van der Waals surface area (Å²) in [6.45, 7) is 4.02. The highest BCUT2D eigenvalue weighted by molar-refractivity contribution is 9.09. The van der Waals surface area contributed by atoms with Crippen LogP contribution in [0.2, 0.25) is 0 Å². The summed E-state index contributed by atoms with van der Waals surface area (Å²) in [5, 5.41) is 0. The van der Waals surface area contributed by atoms with E-state index in [1.807, 2.05) is 68.4 Å². The van der Waals surface area contributed by atoms with E-state index in [9.17, 15) is 4.79 Å². The van der Waals surface area contributed by atoms with Crippen molar-refractivity contribution in [3.8, 4) is 11.5 Å². The van der Waals surface area contributed by atoms with E-state index in [1.54, 1.807) is 0 Å². The summed E-state index contributed by atoms with van der Waals surface area (Å²) in [4.78, 5) is 12.2. The van der Waals surface area contributed by atoms with Crippen molar-refractivity contribution >= 4 is 56.7 Å². The quantitative estimate of drug-likeness (QED) is 0.274. The molecule has 0 aliphatic heterocycles. The van der Waals surface area contributed by atoms with Crippen LogP contribution in [0, 0.1) is 5.41 Å². The van der Waals surface area contributed by atoms with Gasteiger partial charge >= 0.3 is 5.97 Å². The Bertz CT molecular complexity index is 776. The number of hydrogen-bond acceptors (Lipinski definition) is 3. The molecule has 1 unspecified atom stereocenters. The smallest absolute Gasteiger partial charge is 0.306 e. The van der Waals surface area contributed by atoms with E-state index in [4.69, 9.17) is 44.3 Å². The van der Waals surface area contributed by atoms with Gasteiger partial charge < -0.3 is 9.47 Å². The van der Waals surface area contributed by atoms with Gasteiger partial charge in [0.05, 0.1) is 6.42 Å². The maximum atomic E-state index is 12.3. The van der Waals surface area contributed by atoms with E-state index in [2.05, 4.69) is 15.9 Å². The molecule has 2 rings (SSSR count). The van der Waals surface area contributed by atoms with Gasteiger partial charge in [-0.05, 0) is 35.2 Å². The molecule has 3 nitrogen and oxygen atoms in total. The van der Waals surface area contributed by atoms with Crippen molar-refractivity contribution in [2.75, 3.05) is 0 Å². The second-order valence-corrected chi connectivity index (χ2v) is 10.8. The molecule has 0 saturated heterocycles. The van der Waals surface area contributed by atoms with E-state index in [0.717, 1.165) is 11.3 Å². The molecule has 2 aromatic carbocycles. The van der Waals surface area contributed by atoms with Crippen molar-refractivity contribution in [2.24, 2.45) is 5.41 Å². The van der Waals surface area contributed by atoms with E-state index < -0.39 is 9.21 Å². The number of esters is 1. The van der Waals surface area contributed by atoms with E-state index >= 15 is 0 Å². The zero-order valence-corrected chi connectivity index (χ0v) is 19.5. The lowest BCUT2D eigenvalue weighted by molar-refractivity contribution is -0.147. The Kier molecular flexibility index (Phi) is 8.50. The summed E-state index contributed by atoms with van der Waals surface area (Å²) in [6.07, 6.45) is 0.487. The van der Waals surface area contributed by atoms with Gasteiger partial charge in [0.15, 0.2) is 3.79 Å². The number of carbonyl (C=O) groups excluding carboxylic acids is 1. The monoisotopic (exact) mass is 506 g/mol. The van der Waals surface area contributed by atoms with Gasteiger partial charge in [0.1, 0.15) is 18.1 Å². The molecular formula is C21H22BrCl3O3. The molecule has 0 saturated carbocycles. The van der Waals surface area contributed by atoms with Gasteiger partial charge in [-0.25, -0.2) is 0 Å². The third-order valence-electron chi connectivity index (χ3n) is 4.14. The Morgan fingerprint density at radius 3 is 2.32 bits per heavy atom. The number of alkyl halides is 4. The predicted octanol–water partition coefficient (Wildman–Crippen LogP) is 7.46. The van der Waals surface area contributed by atoms with Gasteiger partial charge in [-0.2, -0.15) is 0 Å². The molecule has 0 bridgehead atoms. The Morgan fingerprint density at radius 2 is 1.68 bits per heavy atom. The highest BCUT2D eigenvalue weighted by Gasteiger charge is 2.36. The molecule has 0 radical (unpaired) electrons. The Balaban J connectivity index is 1.89. The fourth-order valence-corrected chi connectivity index (χ4v) is 4.17.